The zero-order chi connectivity index (χ0) is 17.7. The van der Waals surface area contributed by atoms with E-state index in [2.05, 4.69) is 10.5 Å². The van der Waals surface area contributed by atoms with Crippen LogP contribution in [0.25, 0.3) is 0 Å². The van der Waals surface area contributed by atoms with Crippen molar-refractivity contribution in [3.8, 4) is 11.5 Å². The number of ether oxygens (including phenoxy) is 1. The normalized spacial score (nSPS) is 10.5. The second kappa shape index (κ2) is 7.05. The van der Waals surface area contributed by atoms with Gasteiger partial charge in [0, 0.05) is 12.1 Å². The molecule has 0 unspecified atom stereocenters. The number of nitrogens with one attached hydrogen (secondary N) is 1. The van der Waals surface area contributed by atoms with E-state index in [0.29, 0.717) is 5.69 Å². The largest absolute Gasteiger partial charge is 0.504 e. The van der Waals surface area contributed by atoms with Crippen LogP contribution < -0.4 is 10.2 Å². The van der Waals surface area contributed by atoms with Crippen molar-refractivity contribution in [1.29, 1.82) is 0 Å². The Morgan fingerprint density at radius 3 is 2.33 bits per heavy atom. The SMILES string of the molecule is COc1c(O)ccc(/C=N/Nc2ccc([N+](=O)[O-])cc2)c1[N+](=O)[O-]. The van der Waals surface area contributed by atoms with Crippen molar-refractivity contribution < 1.29 is 19.7 Å². The highest BCUT2D eigenvalue weighted by molar-refractivity contribution is 5.88. The van der Waals surface area contributed by atoms with Crippen LogP contribution >= 0.6 is 0 Å². The van der Waals surface area contributed by atoms with Crippen molar-refractivity contribution in [1.82, 2.24) is 0 Å². The Bertz CT molecular complexity index is 804. The number of anilines is 1. The number of phenolic OH excluding ortho intramolecular Hbond substituents is 1. The van der Waals surface area contributed by atoms with E-state index in [4.69, 9.17) is 4.74 Å². The average Bonchev–Trinajstić information content (AvgIpc) is 2.56. The number of hydrogen-bond donors (Lipinski definition) is 2. The van der Waals surface area contributed by atoms with Crippen LogP contribution in [0, 0.1) is 20.2 Å². The molecule has 0 aliphatic rings. The average molecular weight is 332 g/mol. The van der Waals surface area contributed by atoms with E-state index in [1.807, 2.05) is 0 Å². The van der Waals surface area contributed by atoms with Gasteiger partial charge in [-0.1, -0.05) is 0 Å². The van der Waals surface area contributed by atoms with Crippen LogP contribution in [0.1, 0.15) is 5.56 Å². The van der Waals surface area contributed by atoms with Crippen molar-refractivity contribution in [2.45, 2.75) is 0 Å². The molecule has 2 aromatic carbocycles. The minimum absolute atomic E-state index is 0.0663. The lowest BCUT2D eigenvalue weighted by Crippen LogP contribution is -2.00. The molecule has 0 saturated heterocycles. The van der Waals surface area contributed by atoms with Crippen molar-refractivity contribution >= 4 is 23.3 Å². The molecule has 0 bridgehead atoms. The number of nitrogens with zero attached hydrogens (tertiary/aromatic N) is 3. The summed E-state index contributed by atoms with van der Waals surface area (Å²) in [6.07, 6.45) is 1.18. The summed E-state index contributed by atoms with van der Waals surface area (Å²) in [6, 6.07) is 8.05. The van der Waals surface area contributed by atoms with Crippen LogP contribution in [0.15, 0.2) is 41.5 Å². The Morgan fingerprint density at radius 1 is 1.12 bits per heavy atom. The van der Waals surface area contributed by atoms with Gasteiger partial charge in [-0.05, 0) is 24.3 Å². The number of hydrogen-bond acceptors (Lipinski definition) is 8. The molecule has 0 saturated carbocycles. The first-order valence-corrected chi connectivity index (χ1v) is 6.52. The molecule has 124 valence electrons. The molecule has 0 aromatic heterocycles. The molecule has 0 atom stereocenters. The summed E-state index contributed by atoms with van der Waals surface area (Å²) in [4.78, 5) is 20.5. The summed E-state index contributed by atoms with van der Waals surface area (Å²) in [6.45, 7) is 0. The highest BCUT2D eigenvalue weighted by Crippen LogP contribution is 2.37. The third kappa shape index (κ3) is 3.55. The van der Waals surface area contributed by atoms with Gasteiger partial charge in [0.1, 0.15) is 0 Å². The fourth-order valence-electron chi connectivity index (χ4n) is 1.90. The summed E-state index contributed by atoms with van der Waals surface area (Å²) < 4.78 is 4.84. The van der Waals surface area contributed by atoms with Crippen molar-refractivity contribution in [2.75, 3.05) is 12.5 Å². The molecule has 0 aliphatic carbocycles. The third-order valence-corrected chi connectivity index (χ3v) is 3.00. The van der Waals surface area contributed by atoms with Crippen LogP contribution in [-0.2, 0) is 0 Å². The summed E-state index contributed by atoms with van der Waals surface area (Å²) in [5.41, 5.74) is 2.69. The Kier molecular flexibility index (Phi) is 4.90. The van der Waals surface area contributed by atoms with Gasteiger partial charge in [0.05, 0.1) is 34.4 Å². The third-order valence-electron chi connectivity index (χ3n) is 3.00. The molecule has 2 N–H and O–H groups in total. The molecule has 2 aromatic rings. The second-order valence-electron chi connectivity index (χ2n) is 4.49. The van der Waals surface area contributed by atoms with Crippen LogP contribution in [0.3, 0.4) is 0 Å². The number of nitro groups is 2. The molecular formula is C14H12N4O6. The first-order valence-electron chi connectivity index (χ1n) is 6.52. The van der Waals surface area contributed by atoms with Gasteiger partial charge in [-0.15, -0.1) is 0 Å². The van der Waals surface area contributed by atoms with E-state index < -0.39 is 15.5 Å². The predicted octanol–water partition coefficient (Wildman–Crippen LogP) is 2.66. The van der Waals surface area contributed by atoms with E-state index in [1.165, 1.54) is 49.7 Å². The second-order valence-corrected chi connectivity index (χ2v) is 4.49. The maximum Gasteiger partial charge on any atom is 0.323 e. The molecule has 10 heteroatoms. The van der Waals surface area contributed by atoms with E-state index in [0.717, 1.165) is 0 Å². The Morgan fingerprint density at radius 2 is 1.79 bits per heavy atom. The van der Waals surface area contributed by atoms with Gasteiger partial charge in [-0.3, -0.25) is 25.7 Å². The number of aromatic hydroxyl groups is 1. The molecule has 0 fully saturated rings. The number of phenols is 1. The predicted molar refractivity (Wildman–Crippen MR) is 85.6 cm³/mol. The lowest BCUT2D eigenvalue weighted by molar-refractivity contribution is -0.386. The summed E-state index contributed by atoms with van der Waals surface area (Å²) in [5, 5.41) is 35.2. The Balaban J connectivity index is 2.23. The maximum atomic E-state index is 11.2. The van der Waals surface area contributed by atoms with Crippen molar-refractivity contribution in [2.24, 2.45) is 5.10 Å². The first-order chi connectivity index (χ1) is 11.4. The standard InChI is InChI=1S/C14H12N4O6/c1-24-14-12(19)7-2-9(13(14)18(22)23)8-15-16-10-3-5-11(6-4-10)17(20)21/h2-8,16,19H,1H3/b15-8+. The summed E-state index contributed by atoms with van der Waals surface area (Å²) >= 11 is 0. The van der Waals surface area contributed by atoms with Gasteiger partial charge in [-0.25, -0.2) is 0 Å². The van der Waals surface area contributed by atoms with Crippen LogP contribution in [0.2, 0.25) is 0 Å². The highest BCUT2D eigenvalue weighted by Gasteiger charge is 2.23. The monoisotopic (exact) mass is 332 g/mol. The zero-order valence-corrected chi connectivity index (χ0v) is 12.4. The van der Waals surface area contributed by atoms with Crippen LogP contribution in [0.4, 0.5) is 17.1 Å². The van der Waals surface area contributed by atoms with Gasteiger partial charge < -0.3 is 9.84 Å². The number of nitro benzene ring substituents is 2. The minimum atomic E-state index is -0.689. The smallest absolute Gasteiger partial charge is 0.323 e. The molecule has 0 radical (unpaired) electrons. The number of non-ortho nitro benzene ring substituents is 1. The van der Waals surface area contributed by atoms with E-state index in [1.54, 1.807) is 0 Å². The van der Waals surface area contributed by atoms with Crippen molar-refractivity contribution in [3.05, 3.63) is 62.2 Å². The topological polar surface area (TPSA) is 140 Å². The maximum absolute atomic E-state index is 11.2. The molecule has 0 spiro atoms. The van der Waals surface area contributed by atoms with Gasteiger partial charge >= 0.3 is 5.69 Å². The number of benzene rings is 2. The fourth-order valence-corrected chi connectivity index (χ4v) is 1.90. The molecule has 24 heavy (non-hydrogen) atoms. The molecule has 0 heterocycles. The highest BCUT2D eigenvalue weighted by atomic mass is 16.6. The lowest BCUT2D eigenvalue weighted by Gasteiger charge is -2.06. The van der Waals surface area contributed by atoms with Crippen molar-refractivity contribution in [3.63, 3.8) is 0 Å². The number of rotatable bonds is 6. The van der Waals surface area contributed by atoms with Gasteiger partial charge in [-0.2, -0.15) is 5.10 Å². The van der Waals surface area contributed by atoms with Gasteiger partial charge in [0.15, 0.2) is 5.75 Å². The first kappa shape index (κ1) is 16.7. The summed E-state index contributed by atoms with van der Waals surface area (Å²) in [5.74, 6) is -0.621. The molecule has 0 aliphatic heterocycles. The van der Waals surface area contributed by atoms with Crippen LogP contribution in [-0.4, -0.2) is 28.3 Å². The quantitative estimate of drug-likeness (QED) is 0.470. The molecule has 0 amide bonds. The number of hydrazone groups is 1. The summed E-state index contributed by atoms with van der Waals surface area (Å²) in [7, 11) is 1.21. The minimum Gasteiger partial charge on any atom is -0.504 e. The van der Waals surface area contributed by atoms with Gasteiger partial charge in [0.2, 0.25) is 5.75 Å². The molecule has 2 rings (SSSR count). The fraction of sp³-hybridized carbons (Fsp3) is 0.0714. The van der Waals surface area contributed by atoms with Crippen LogP contribution in [0.5, 0.6) is 11.5 Å². The Labute approximate surface area is 135 Å². The lowest BCUT2D eigenvalue weighted by atomic mass is 10.1. The molecule has 10 nitrogen and oxygen atoms in total. The van der Waals surface area contributed by atoms with E-state index in [-0.39, 0.29) is 22.7 Å². The van der Waals surface area contributed by atoms with E-state index >= 15 is 0 Å². The zero-order valence-electron chi connectivity index (χ0n) is 12.4. The van der Waals surface area contributed by atoms with Gasteiger partial charge in [0.25, 0.3) is 5.69 Å². The van der Waals surface area contributed by atoms with E-state index in [9.17, 15) is 25.3 Å². The molecular weight excluding hydrogens is 320 g/mol. The Hall–Kier alpha value is -3.69. The number of methoxy groups -OCH3 is 1.